The first kappa shape index (κ1) is 13.8. The molecule has 0 aliphatic heterocycles. The molecule has 3 heteroatoms. The summed E-state index contributed by atoms with van der Waals surface area (Å²) in [4.78, 5) is 0. The number of halogens is 2. The lowest BCUT2D eigenvalue weighted by Gasteiger charge is -2.07. The monoisotopic (exact) mass is 239 g/mol. The summed E-state index contributed by atoms with van der Waals surface area (Å²) in [6.07, 6.45) is 2.62. The van der Waals surface area contributed by atoms with Gasteiger partial charge in [-0.3, -0.25) is 0 Å². The van der Waals surface area contributed by atoms with Crippen molar-refractivity contribution in [3.05, 3.63) is 41.5 Å². The summed E-state index contributed by atoms with van der Waals surface area (Å²) in [5.41, 5.74) is 0.725. The first-order chi connectivity index (χ1) is 8.02. The van der Waals surface area contributed by atoms with Gasteiger partial charge in [-0.2, -0.15) is 0 Å². The average Bonchev–Trinajstić information content (AvgIpc) is 2.24. The first-order valence-electron chi connectivity index (χ1n) is 5.87. The number of rotatable bonds is 5. The predicted octanol–water partition coefficient (Wildman–Crippen LogP) is 3.76. The molecule has 0 atom stereocenters. The molecule has 0 aromatic heterocycles. The van der Waals surface area contributed by atoms with Gasteiger partial charge < -0.3 is 5.32 Å². The third kappa shape index (κ3) is 4.27. The van der Waals surface area contributed by atoms with E-state index in [9.17, 15) is 8.78 Å². The van der Waals surface area contributed by atoms with Crippen LogP contribution in [0.3, 0.4) is 0 Å². The summed E-state index contributed by atoms with van der Waals surface area (Å²) in [6.45, 7) is 6.67. The van der Waals surface area contributed by atoms with E-state index < -0.39 is 11.6 Å². The fraction of sp³-hybridized carbons (Fsp3) is 0.429. The van der Waals surface area contributed by atoms with Gasteiger partial charge in [-0.1, -0.05) is 26.0 Å². The molecule has 1 nitrogen and oxygen atoms in total. The lowest BCUT2D eigenvalue weighted by molar-refractivity contribution is 0.576. The molecule has 1 aromatic rings. The van der Waals surface area contributed by atoms with E-state index in [2.05, 4.69) is 19.2 Å². The van der Waals surface area contributed by atoms with E-state index in [0.717, 1.165) is 13.0 Å². The molecule has 0 aliphatic rings. The minimum atomic E-state index is -0.504. The molecule has 0 radical (unpaired) electrons. The molecule has 1 rings (SSSR count). The topological polar surface area (TPSA) is 12.0 Å². The van der Waals surface area contributed by atoms with Crippen LogP contribution < -0.4 is 5.32 Å². The van der Waals surface area contributed by atoms with Gasteiger partial charge in [-0.25, -0.2) is 8.78 Å². The highest BCUT2D eigenvalue weighted by atomic mass is 19.1. The minimum Gasteiger partial charge on any atom is -0.314 e. The summed E-state index contributed by atoms with van der Waals surface area (Å²) in [7, 11) is 0. The Morgan fingerprint density at radius 1 is 1.29 bits per heavy atom. The van der Waals surface area contributed by atoms with E-state index in [1.165, 1.54) is 18.2 Å². The zero-order valence-electron chi connectivity index (χ0n) is 10.6. The molecule has 0 fully saturated rings. The van der Waals surface area contributed by atoms with Gasteiger partial charge in [0.2, 0.25) is 0 Å². The SMILES string of the molecule is CC(=CCCNC(C)C)c1c(F)cccc1F. The van der Waals surface area contributed by atoms with Gasteiger partial charge in [0.05, 0.1) is 0 Å². The van der Waals surface area contributed by atoms with Crippen molar-refractivity contribution in [1.82, 2.24) is 5.32 Å². The zero-order chi connectivity index (χ0) is 12.8. The van der Waals surface area contributed by atoms with Gasteiger partial charge in [0.1, 0.15) is 11.6 Å². The van der Waals surface area contributed by atoms with Gasteiger partial charge in [0.25, 0.3) is 0 Å². The molecule has 0 saturated carbocycles. The fourth-order valence-corrected chi connectivity index (χ4v) is 1.64. The standard InChI is InChI=1S/C14H19F2N/c1-10(2)17-9-5-6-11(3)14-12(15)7-4-8-13(14)16/h4,6-8,10,17H,5,9H2,1-3H3. The number of nitrogens with one attached hydrogen (secondary N) is 1. The summed E-state index contributed by atoms with van der Waals surface area (Å²) in [5, 5.41) is 3.25. The van der Waals surface area contributed by atoms with Gasteiger partial charge >= 0.3 is 0 Å². The molecule has 0 saturated heterocycles. The van der Waals surface area contributed by atoms with Gasteiger partial charge in [-0.05, 0) is 37.6 Å². The van der Waals surface area contributed by atoms with E-state index in [-0.39, 0.29) is 5.56 Å². The van der Waals surface area contributed by atoms with Crippen molar-refractivity contribution in [2.45, 2.75) is 33.2 Å². The quantitative estimate of drug-likeness (QED) is 0.771. The van der Waals surface area contributed by atoms with Crippen LogP contribution in [0.1, 0.15) is 32.8 Å². The number of benzene rings is 1. The maximum absolute atomic E-state index is 13.4. The number of allylic oxidation sites excluding steroid dienone is 1. The van der Waals surface area contributed by atoms with Gasteiger partial charge in [0, 0.05) is 11.6 Å². The molecule has 0 amide bonds. The van der Waals surface area contributed by atoms with Crippen LogP contribution >= 0.6 is 0 Å². The second-order valence-electron chi connectivity index (χ2n) is 4.38. The van der Waals surface area contributed by atoms with Crippen molar-refractivity contribution in [3.63, 3.8) is 0 Å². The minimum absolute atomic E-state index is 0.0806. The van der Waals surface area contributed by atoms with Crippen LogP contribution in [0.15, 0.2) is 24.3 Å². The zero-order valence-corrected chi connectivity index (χ0v) is 10.6. The predicted molar refractivity (Wildman–Crippen MR) is 67.8 cm³/mol. The Morgan fingerprint density at radius 3 is 2.41 bits per heavy atom. The van der Waals surface area contributed by atoms with Crippen LogP contribution in [-0.2, 0) is 0 Å². The molecule has 0 aliphatic carbocycles. The van der Waals surface area contributed by atoms with Crippen LogP contribution in [0.25, 0.3) is 5.57 Å². The maximum Gasteiger partial charge on any atom is 0.133 e. The van der Waals surface area contributed by atoms with Gasteiger partial charge in [0.15, 0.2) is 0 Å². The third-order valence-electron chi connectivity index (χ3n) is 2.50. The van der Waals surface area contributed by atoms with Crippen molar-refractivity contribution in [3.8, 4) is 0 Å². The molecular formula is C14H19F2N. The van der Waals surface area contributed by atoms with E-state index >= 15 is 0 Å². The van der Waals surface area contributed by atoms with Crippen molar-refractivity contribution in [2.75, 3.05) is 6.54 Å². The normalized spacial score (nSPS) is 12.2. The molecule has 0 spiro atoms. The van der Waals surface area contributed by atoms with Crippen LogP contribution in [0, 0.1) is 11.6 Å². The maximum atomic E-state index is 13.4. The van der Waals surface area contributed by atoms with Crippen molar-refractivity contribution >= 4 is 5.57 Å². The van der Waals surface area contributed by atoms with Crippen LogP contribution in [-0.4, -0.2) is 12.6 Å². The summed E-state index contributed by atoms with van der Waals surface area (Å²) >= 11 is 0. The lowest BCUT2D eigenvalue weighted by atomic mass is 10.1. The second-order valence-corrected chi connectivity index (χ2v) is 4.38. The Morgan fingerprint density at radius 2 is 1.88 bits per heavy atom. The van der Waals surface area contributed by atoms with Crippen LogP contribution in [0.4, 0.5) is 8.78 Å². The first-order valence-corrected chi connectivity index (χ1v) is 5.87. The second kappa shape index (κ2) is 6.50. The van der Waals surface area contributed by atoms with Crippen molar-refractivity contribution < 1.29 is 8.78 Å². The van der Waals surface area contributed by atoms with E-state index in [1.54, 1.807) is 6.92 Å². The lowest BCUT2D eigenvalue weighted by Crippen LogP contribution is -2.23. The molecule has 17 heavy (non-hydrogen) atoms. The Balaban J connectivity index is 2.68. The highest BCUT2D eigenvalue weighted by Gasteiger charge is 2.09. The number of hydrogen-bond acceptors (Lipinski definition) is 1. The smallest absolute Gasteiger partial charge is 0.133 e. The van der Waals surface area contributed by atoms with Crippen LogP contribution in [0.2, 0.25) is 0 Å². The Hall–Kier alpha value is -1.22. The average molecular weight is 239 g/mol. The molecular weight excluding hydrogens is 220 g/mol. The highest BCUT2D eigenvalue weighted by molar-refractivity contribution is 5.64. The van der Waals surface area contributed by atoms with E-state index in [0.29, 0.717) is 11.6 Å². The molecule has 0 bridgehead atoms. The summed E-state index contributed by atoms with van der Waals surface area (Å²) < 4.78 is 26.9. The molecule has 0 unspecified atom stereocenters. The van der Waals surface area contributed by atoms with Crippen LogP contribution in [0.5, 0.6) is 0 Å². The summed E-state index contributed by atoms with van der Waals surface area (Å²) in [5.74, 6) is -1.01. The van der Waals surface area contributed by atoms with Gasteiger partial charge in [-0.15, -0.1) is 0 Å². The number of hydrogen-bond donors (Lipinski definition) is 1. The molecule has 0 heterocycles. The van der Waals surface area contributed by atoms with Crippen molar-refractivity contribution in [2.24, 2.45) is 0 Å². The molecule has 1 aromatic carbocycles. The Bertz CT molecular complexity index is 377. The molecule has 94 valence electrons. The van der Waals surface area contributed by atoms with Crippen molar-refractivity contribution in [1.29, 1.82) is 0 Å². The molecule has 1 N–H and O–H groups in total. The third-order valence-corrected chi connectivity index (χ3v) is 2.50. The Kier molecular flexibility index (Phi) is 5.29. The largest absolute Gasteiger partial charge is 0.314 e. The van der Waals surface area contributed by atoms with E-state index in [4.69, 9.17) is 0 Å². The fourth-order valence-electron chi connectivity index (χ4n) is 1.64. The van der Waals surface area contributed by atoms with E-state index in [1.807, 2.05) is 6.08 Å². The highest BCUT2D eigenvalue weighted by Crippen LogP contribution is 2.21. The summed E-state index contributed by atoms with van der Waals surface area (Å²) in [6, 6.07) is 4.36. The Labute approximate surface area is 102 Å².